The third-order valence-corrected chi connectivity index (χ3v) is 5.89. The van der Waals surface area contributed by atoms with Crippen molar-refractivity contribution in [2.24, 2.45) is 0 Å². The molecule has 0 fully saturated rings. The average Bonchev–Trinajstić information content (AvgIpc) is 3.16. The Morgan fingerprint density at radius 2 is 1.81 bits per heavy atom. The number of rotatable bonds is 3. The summed E-state index contributed by atoms with van der Waals surface area (Å²) in [6.45, 7) is 2.15. The maximum absolute atomic E-state index is 13.2. The van der Waals surface area contributed by atoms with Crippen LogP contribution in [0.3, 0.4) is 0 Å². The lowest BCUT2D eigenvalue weighted by atomic mass is 10.1. The summed E-state index contributed by atoms with van der Waals surface area (Å²) in [6.07, 6.45) is 0. The van der Waals surface area contributed by atoms with Crippen LogP contribution in [-0.4, -0.2) is 22.5 Å². The summed E-state index contributed by atoms with van der Waals surface area (Å²) in [5.41, 5.74) is 2.91. The standard InChI is InChI=1S/C20H15BrFN3OS/c1-11-18(12-2-4-13(21)5-3-12)24-20(27-11)17-16(26)10-25(19(17)23)15-8-6-14(22)7-9-15/h2-9,23,26H,10H2,1H3. The molecule has 0 saturated heterocycles. The van der Waals surface area contributed by atoms with Gasteiger partial charge >= 0.3 is 0 Å². The Hall–Kier alpha value is -2.51. The molecule has 0 aliphatic carbocycles. The Kier molecular flexibility index (Phi) is 4.57. The van der Waals surface area contributed by atoms with Crippen LogP contribution < -0.4 is 4.90 Å². The smallest absolute Gasteiger partial charge is 0.139 e. The highest BCUT2D eigenvalue weighted by molar-refractivity contribution is 9.10. The minimum Gasteiger partial charge on any atom is -0.510 e. The summed E-state index contributed by atoms with van der Waals surface area (Å²) in [4.78, 5) is 7.35. The molecule has 0 saturated carbocycles. The number of nitrogens with zero attached hydrogens (tertiary/aromatic N) is 2. The zero-order chi connectivity index (χ0) is 19.1. The van der Waals surface area contributed by atoms with Crippen LogP contribution in [0.4, 0.5) is 10.1 Å². The van der Waals surface area contributed by atoms with Crippen molar-refractivity contribution < 1.29 is 9.50 Å². The number of thiazole rings is 1. The Morgan fingerprint density at radius 1 is 1.15 bits per heavy atom. The molecule has 1 aromatic heterocycles. The van der Waals surface area contributed by atoms with E-state index in [1.54, 1.807) is 17.0 Å². The number of anilines is 1. The zero-order valence-corrected chi connectivity index (χ0v) is 16.7. The van der Waals surface area contributed by atoms with Gasteiger partial charge in [0.2, 0.25) is 0 Å². The molecule has 7 heteroatoms. The molecule has 27 heavy (non-hydrogen) atoms. The first-order chi connectivity index (χ1) is 12.9. The normalized spacial score (nSPS) is 14.3. The molecule has 0 atom stereocenters. The fourth-order valence-corrected chi connectivity index (χ4v) is 4.29. The molecule has 1 aliphatic heterocycles. The van der Waals surface area contributed by atoms with Gasteiger partial charge in [0.25, 0.3) is 0 Å². The van der Waals surface area contributed by atoms with Crippen LogP contribution in [0, 0.1) is 18.2 Å². The summed E-state index contributed by atoms with van der Waals surface area (Å²) in [5, 5.41) is 19.6. The molecule has 0 amide bonds. The molecular formula is C20H15BrFN3OS. The van der Waals surface area contributed by atoms with E-state index in [2.05, 4.69) is 15.9 Å². The highest BCUT2D eigenvalue weighted by Crippen LogP contribution is 2.36. The lowest BCUT2D eigenvalue weighted by Gasteiger charge is -2.18. The van der Waals surface area contributed by atoms with Gasteiger partial charge in [0.15, 0.2) is 0 Å². The Balaban J connectivity index is 1.68. The third kappa shape index (κ3) is 3.28. The SMILES string of the molecule is Cc1sc(C2=C(O)CN(c3ccc(F)cc3)C2=N)nc1-c1ccc(Br)cc1. The van der Waals surface area contributed by atoms with Crippen molar-refractivity contribution in [2.75, 3.05) is 11.4 Å². The second-order valence-corrected chi connectivity index (χ2v) is 8.28. The van der Waals surface area contributed by atoms with Crippen molar-refractivity contribution in [1.82, 2.24) is 4.98 Å². The number of hydrogen-bond donors (Lipinski definition) is 2. The number of nitrogens with one attached hydrogen (secondary N) is 1. The number of hydrogen-bond acceptors (Lipinski definition) is 4. The number of benzene rings is 2. The van der Waals surface area contributed by atoms with Crippen LogP contribution in [0.1, 0.15) is 9.88 Å². The quantitative estimate of drug-likeness (QED) is 0.538. The fourth-order valence-electron chi connectivity index (χ4n) is 3.02. The molecule has 0 radical (unpaired) electrons. The zero-order valence-electron chi connectivity index (χ0n) is 14.3. The van der Waals surface area contributed by atoms with E-state index in [9.17, 15) is 9.50 Å². The molecule has 136 valence electrons. The van der Waals surface area contributed by atoms with Crippen molar-refractivity contribution in [3.8, 4) is 11.3 Å². The molecule has 4 rings (SSSR count). The lowest BCUT2D eigenvalue weighted by Crippen LogP contribution is -2.25. The van der Waals surface area contributed by atoms with Gasteiger partial charge in [-0.25, -0.2) is 9.37 Å². The summed E-state index contributed by atoms with van der Waals surface area (Å²) in [7, 11) is 0. The van der Waals surface area contributed by atoms with Crippen molar-refractivity contribution in [3.63, 3.8) is 0 Å². The average molecular weight is 444 g/mol. The molecule has 0 unspecified atom stereocenters. The number of aliphatic hydroxyl groups is 1. The van der Waals surface area contributed by atoms with Gasteiger partial charge in [-0.3, -0.25) is 5.41 Å². The number of aliphatic hydroxyl groups excluding tert-OH is 1. The number of aromatic nitrogens is 1. The Bertz CT molecular complexity index is 1060. The van der Waals surface area contributed by atoms with Crippen LogP contribution in [0.15, 0.2) is 58.8 Å². The van der Waals surface area contributed by atoms with E-state index in [0.717, 1.165) is 20.6 Å². The highest BCUT2D eigenvalue weighted by Gasteiger charge is 2.31. The van der Waals surface area contributed by atoms with Crippen molar-refractivity contribution in [1.29, 1.82) is 5.41 Å². The van der Waals surface area contributed by atoms with Crippen molar-refractivity contribution >= 4 is 44.4 Å². The van der Waals surface area contributed by atoms with Crippen molar-refractivity contribution in [2.45, 2.75) is 6.92 Å². The van der Waals surface area contributed by atoms with Gasteiger partial charge in [0, 0.05) is 20.6 Å². The van der Waals surface area contributed by atoms with E-state index in [0.29, 0.717) is 16.3 Å². The van der Waals surface area contributed by atoms with E-state index in [-0.39, 0.29) is 24.0 Å². The van der Waals surface area contributed by atoms with Gasteiger partial charge in [-0.1, -0.05) is 28.1 Å². The van der Waals surface area contributed by atoms with Gasteiger partial charge in [-0.15, -0.1) is 11.3 Å². The summed E-state index contributed by atoms with van der Waals surface area (Å²) in [5.74, 6) is -0.0767. The van der Waals surface area contributed by atoms with Crippen LogP contribution in [0.25, 0.3) is 16.8 Å². The molecule has 0 bridgehead atoms. The first-order valence-electron chi connectivity index (χ1n) is 8.22. The predicted molar refractivity (Wildman–Crippen MR) is 111 cm³/mol. The van der Waals surface area contributed by atoms with Crippen LogP contribution in [0.2, 0.25) is 0 Å². The molecular weight excluding hydrogens is 429 g/mol. The summed E-state index contributed by atoms with van der Waals surface area (Å²) >= 11 is 4.88. The summed E-state index contributed by atoms with van der Waals surface area (Å²) < 4.78 is 14.2. The number of halogens is 2. The van der Waals surface area contributed by atoms with Crippen LogP contribution in [-0.2, 0) is 0 Å². The van der Waals surface area contributed by atoms with Gasteiger partial charge in [-0.05, 0) is 43.3 Å². The third-order valence-electron chi connectivity index (χ3n) is 4.37. The van der Waals surface area contributed by atoms with Crippen molar-refractivity contribution in [3.05, 3.63) is 74.5 Å². The van der Waals surface area contributed by atoms with Gasteiger partial charge < -0.3 is 10.0 Å². The lowest BCUT2D eigenvalue weighted by molar-refractivity contribution is 0.411. The van der Waals surface area contributed by atoms with Gasteiger partial charge in [-0.2, -0.15) is 0 Å². The maximum atomic E-state index is 13.2. The Morgan fingerprint density at radius 3 is 2.48 bits per heavy atom. The molecule has 2 aromatic carbocycles. The molecule has 3 aromatic rings. The van der Waals surface area contributed by atoms with Crippen LogP contribution in [0.5, 0.6) is 0 Å². The van der Waals surface area contributed by atoms with Gasteiger partial charge in [0.1, 0.15) is 22.4 Å². The Labute approximate surface area is 168 Å². The largest absolute Gasteiger partial charge is 0.510 e. The molecule has 2 heterocycles. The number of aryl methyl sites for hydroxylation is 1. The fraction of sp³-hybridized carbons (Fsp3) is 0.100. The van der Waals surface area contributed by atoms with E-state index >= 15 is 0 Å². The second kappa shape index (κ2) is 6.90. The molecule has 0 spiro atoms. The first kappa shape index (κ1) is 17.9. The molecule has 2 N–H and O–H groups in total. The number of amidine groups is 1. The van der Waals surface area contributed by atoms with E-state index in [4.69, 9.17) is 10.4 Å². The topological polar surface area (TPSA) is 60.2 Å². The maximum Gasteiger partial charge on any atom is 0.139 e. The monoisotopic (exact) mass is 443 g/mol. The second-order valence-electron chi connectivity index (χ2n) is 6.16. The molecule has 4 nitrogen and oxygen atoms in total. The summed E-state index contributed by atoms with van der Waals surface area (Å²) in [6, 6.07) is 13.8. The van der Waals surface area contributed by atoms with E-state index < -0.39 is 0 Å². The minimum absolute atomic E-state index is 0.0976. The van der Waals surface area contributed by atoms with Crippen LogP contribution >= 0.6 is 27.3 Å². The highest BCUT2D eigenvalue weighted by atomic mass is 79.9. The molecule has 1 aliphatic rings. The van der Waals surface area contributed by atoms with E-state index in [1.807, 2.05) is 31.2 Å². The first-order valence-corrected chi connectivity index (χ1v) is 9.83. The van der Waals surface area contributed by atoms with Gasteiger partial charge in [0.05, 0.1) is 17.8 Å². The minimum atomic E-state index is -0.337. The predicted octanol–water partition coefficient (Wildman–Crippen LogP) is 5.79. The van der Waals surface area contributed by atoms with E-state index in [1.165, 1.54) is 23.5 Å².